The van der Waals surface area contributed by atoms with Crippen molar-refractivity contribution in [3.8, 4) is 0 Å². The minimum Gasteiger partial charge on any atom is -0.387 e. The number of benzene rings is 1. The van der Waals surface area contributed by atoms with Crippen LogP contribution in [-0.4, -0.2) is 19.9 Å². The van der Waals surface area contributed by atoms with Crippen molar-refractivity contribution in [3.63, 3.8) is 0 Å². The van der Waals surface area contributed by atoms with Crippen molar-refractivity contribution in [2.24, 2.45) is 5.73 Å². The van der Waals surface area contributed by atoms with E-state index in [-0.39, 0.29) is 6.54 Å². The first-order valence-electron chi connectivity index (χ1n) is 3.82. The summed E-state index contributed by atoms with van der Waals surface area (Å²) in [5, 5.41) is 3.05. The van der Waals surface area contributed by atoms with Gasteiger partial charge in [0.15, 0.2) is 0 Å². The van der Waals surface area contributed by atoms with Crippen molar-refractivity contribution in [3.05, 3.63) is 28.7 Å². The molecule has 4 heteroatoms. The van der Waals surface area contributed by atoms with Gasteiger partial charge in [-0.25, -0.2) is 0 Å². The van der Waals surface area contributed by atoms with Gasteiger partial charge in [-0.3, -0.25) is 0 Å². The van der Waals surface area contributed by atoms with Crippen LogP contribution in [0.2, 0.25) is 0 Å². The van der Waals surface area contributed by atoms with Gasteiger partial charge in [0.2, 0.25) is 0 Å². The van der Waals surface area contributed by atoms with Crippen LogP contribution < -0.4 is 11.1 Å². The Morgan fingerprint density at radius 2 is 2.08 bits per heavy atom. The number of para-hydroxylation sites is 1. The molecule has 0 amide bonds. The van der Waals surface area contributed by atoms with Crippen LogP contribution in [0.4, 0.5) is 5.69 Å². The normalized spacial score (nSPS) is 8.23. The number of nitrogens with one attached hydrogen (secondary N) is 1. The predicted octanol–water partition coefficient (Wildman–Crippen LogP) is 1.63. The van der Waals surface area contributed by atoms with Crippen molar-refractivity contribution >= 4 is 27.9 Å². The van der Waals surface area contributed by atoms with Gasteiger partial charge in [-0.15, -0.1) is 0 Å². The summed E-state index contributed by atoms with van der Waals surface area (Å²) in [7, 11) is 1.90. The molecule has 0 radical (unpaired) electrons. The Bertz CT molecular complexity index is 253. The molecule has 3 N–H and O–H groups in total. The van der Waals surface area contributed by atoms with Gasteiger partial charge >= 0.3 is 0 Å². The zero-order valence-electron chi connectivity index (χ0n) is 7.46. The van der Waals surface area contributed by atoms with Gasteiger partial charge < -0.3 is 15.8 Å². The lowest BCUT2D eigenvalue weighted by molar-refractivity contribution is -0.106. The Balaban J connectivity index is 0.000000310. The van der Waals surface area contributed by atoms with Crippen LogP contribution in [0.1, 0.15) is 0 Å². The van der Waals surface area contributed by atoms with Crippen LogP contribution in [0.3, 0.4) is 0 Å². The van der Waals surface area contributed by atoms with Gasteiger partial charge in [0.25, 0.3) is 0 Å². The summed E-state index contributed by atoms with van der Waals surface area (Å²) in [6.45, 7) is 0.139. The van der Waals surface area contributed by atoms with Gasteiger partial charge in [0.05, 0.1) is 0 Å². The van der Waals surface area contributed by atoms with E-state index in [0.717, 1.165) is 10.2 Å². The molecule has 72 valence electrons. The van der Waals surface area contributed by atoms with E-state index < -0.39 is 0 Å². The van der Waals surface area contributed by atoms with E-state index in [2.05, 4.69) is 27.0 Å². The van der Waals surface area contributed by atoms with Crippen LogP contribution in [0.15, 0.2) is 28.7 Å². The molecule has 0 fully saturated rings. The lowest BCUT2D eigenvalue weighted by Crippen LogP contribution is -1.97. The number of aldehydes is 1. The van der Waals surface area contributed by atoms with Crippen LogP contribution >= 0.6 is 15.9 Å². The molecule has 0 saturated carbocycles. The molecule has 13 heavy (non-hydrogen) atoms. The minimum atomic E-state index is 0.139. The van der Waals surface area contributed by atoms with Gasteiger partial charge in [0, 0.05) is 23.8 Å². The summed E-state index contributed by atoms with van der Waals surface area (Å²) in [6, 6.07) is 8.01. The van der Waals surface area contributed by atoms with Crippen molar-refractivity contribution < 1.29 is 4.79 Å². The highest BCUT2D eigenvalue weighted by Gasteiger charge is 1.90. The molecule has 0 aliphatic heterocycles. The monoisotopic (exact) mass is 244 g/mol. The zero-order chi connectivity index (χ0) is 10.1. The summed E-state index contributed by atoms with van der Waals surface area (Å²) < 4.78 is 1.10. The molecular formula is C9H13BrN2O. The minimum absolute atomic E-state index is 0.139. The maximum Gasteiger partial charge on any atom is 0.133 e. The van der Waals surface area contributed by atoms with Crippen molar-refractivity contribution in [2.45, 2.75) is 0 Å². The smallest absolute Gasteiger partial charge is 0.133 e. The maximum atomic E-state index is 9.05. The summed E-state index contributed by atoms with van der Waals surface area (Å²) in [5.74, 6) is 0. The standard InChI is InChI=1S/C7H8BrN.C2H5NO/c1-9-7-5-3-2-4-6(7)8;3-1-2-4/h2-5,9H,1H3;2H,1,3H2. The third-order valence-corrected chi connectivity index (χ3v) is 1.93. The average Bonchev–Trinajstić information content (AvgIpc) is 2.19. The van der Waals surface area contributed by atoms with E-state index >= 15 is 0 Å². The van der Waals surface area contributed by atoms with Crippen molar-refractivity contribution in [2.75, 3.05) is 18.9 Å². The molecule has 0 bridgehead atoms. The maximum absolute atomic E-state index is 9.05. The van der Waals surface area contributed by atoms with Crippen LogP contribution in [0, 0.1) is 0 Å². The lowest BCUT2D eigenvalue weighted by atomic mass is 10.3. The zero-order valence-corrected chi connectivity index (χ0v) is 9.04. The number of nitrogens with two attached hydrogens (primary N) is 1. The first kappa shape index (κ1) is 12.1. The van der Waals surface area contributed by atoms with Crippen molar-refractivity contribution in [1.82, 2.24) is 0 Å². The Morgan fingerprint density at radius 1 is 1.54 bits per heavy atom. The van der Waals surface area contributed by atoms with Gasteiger partial charge in [0.1, 0.15) is 6.29 Å². The van der Waals surface area contributed by atoms with Gasteiger partial charge in [-0.1, -0.05) is 12.1 Å². The average molecular weight is 245 g/mol. The second-order valence-electron chi connectivity index (χ2n) is 2.13. The van der Waals surface area contributed by atoms with Gasteiger partial charge in [-0.2, -0.15) is 0 Å². The molecule has 1 rings (SSSR count). The highest BCUT2D eigenvalue weighted by atomic mass is 79.9. The molecule has 0 heterocycles. The van der Waals surface area contributed by atoms with Crippen LogP contribution in [0.5, 0.6) is 0 Å². The fraction of sp³-hybridized carbons (Fsp3) is 0.222. The summed E-state index contributed by atoms with van der Waals surface area (Å²) in [4.78, 5) is 9.05. The summed E-state index contributed by atoms with van der Waals surface area (Å²) in [5.41, 5.74) is 5.78. The Morgan fingerprint density at radius 3 is 2.38 bits per heavy atom. The number of carbonyl (C=O) groups is 1. The fourth-order valence-electron chi connectivity index (χ4n) is 0.664. The Kier molecular flexibility index (Phi) is 7.24. The first-order chi connectivity index (χ1) is 6.26. The molecule has 1 aromatic carbocycles. The molecule has 0 unspecified atom stereocenters. The third kappa shape index (κ3) is 5.38. The number of anilines is 1. The van der Waals surface area contributed by atoms with E-state index in [0.29, 0.717) is 6.29 Å². The SMILES string of the molecule is CNc1ccccc1Br.NCC=O. The number of rotatable bonds is 2. The molecule has 0 aromatic heterocycles. The highest BCUT2D eigenvalue weighted by Crippen LogP contribution is 2.19. The van der Waals surface area contributed by atoms with E-state index in [4.69, 9.17) is 4.79 Å². The van der Waals surface area contributed by atoms with Crippen molar-refractivity contribution in [1.29, 1.82) is 0 Å². The summed E-state index contributed by atoms with van der Waals surface area (Å²) >= 11 is 3.39. The van der Waals surface area contributed by atoms with Gasteiger partial charge in [-0.05, 0) is 28.1 Å². The second-order valence-corrected chi connectivity index (χ2v) is 2.99. The number of halogens is 1. The summed E-state index contributed by atoms with van der Waals surface area (Å²) in [6.07, 6.45) is 0.653. The molecule has 0 atom stereocenters. The molecule has 3 nitrogen and oxygen atoms in total. The van der Waals surface area contributed by atoms with Crippen LogP contribution in [-0.2, 0) is 4.79 Å². The Hall–Kier alpha value is -0.870. The highest BCUT2D eigenvalue weighted by molar-refractivity contribution is 9.10. The molecular weight excluding hydrogens is 232 g/mol. The molecule has 0 saturated heterocycles. The van der Waals surface area contributed by atoms with E-state index in [1.807, 2.05) is 31.3 Å². The number of hydrogen-bond acceptors (Lipinski definition) is 3. The largest absolute Gasteiger partial charge is 0.387 e. The van der Waals surface area contributed by atoms with Crippen LogP contribution in [0.25, 0.3) is 0 Å². The number of hydrogen-bond donors (Lipinski definition) is 2. The second kappa shape index (κ2) is 7.76. The molecule has 0 aliphatic rings. The predicted molar refractivity (Wildman–Crippen MR) is 58.8 cm³/mol. The molecule has 0 aliphatic carbocycles. The Labute approximate surface area is 86.5 Å². The number of carbonyl (C=O) groups excluding carboxylic acids is 1. The molecule has 1 aromatic rings. The third-order valence-electron chi connectivity index (χ3n) is 1.24. The van der Waals surface area contributed by atoms with E-state index in [9.17, 15) is 0 Å². The topological polar surface area (TPSA) is 55.1 Å². The quantitative estimate of drug-likeness (QED) is 0.778. The fourth-order valence-corrected chi connectivity index (χ4v) is 1.15. The first-order valence-corrected chi connectivity index (χ1v) is 4.61. The van der Waals surface area contributed by atoms with E-state index in [1.54, 1.807) is 0 Å². The lowest BCUT2D eigenvalue weighted by Gasteiger charge is -1.99. The molecule has 0 spiro atoms. The van der Waals surface area contributed by atoms with E-state index in [1.165, 1.54) is 0 Å².